The van der Waals surface area contributed by atoms with Crippen molar-refractivity contribution in [3.05, 3.63) is 65.7 Å². The van der Waals surface area contributed by atoms with Crippen LogP contribution in [0.5, 0.6) is 5.75 Å². The molecule has 0 saturated carbocycles. The van der Waals surface area contributed by atoms with E-state index in [-0.39, 0.29) is 37.7 Å². The number of aromatic hydroxyl groups is 1. The summed E-state index contributed by atoms with van der Waals surface area (Å²) in [5, 5.41) is 34.3. The maximum Gasteiger partial charge on any atom is 0.407 e. The zero-order chi connectivity index (χ0) is 43.4. The minimum absolute atomic E-state index is 0.000354. The molecule has 0 aliphatic carbocycles. The fraction of sp³-hybridized carbons (Fsp3) is 0.571. The number of alkyl carbamates (subject to hydrolysis) is 2. The zero-order valence-electron chi connectivity index (χ0n) is 35.0. The summed E-state index contributed by atoms with van der Waals surface area (Å²) in [6, 6.07) is 10.8. The second-order valence-electron chi connectivity index (χ2n) is 15.9. The molecule has 2 rings (SSSR count). The van der Waals surface area contributed by atoms with Crippen LogP contribution in [0.3, 0.4) is 0 Å². The fourth-order valence-electron chi connectivity index (χ4n) is 5.82. The first-order valence-electron chi connectivity index (χ1n) is 19.7. The molecule has 322 valence electrons. The number of aliphatic hydroxyl groups excluding tert-OH is 1. The number of hydrogen-bond donors (Lipinski definition) is 7. The Hall–Kier alpha value is -5.38. The van der Waals surface area contributed by atoms with Crippen LogP contribution in [-0.2, 0) is 46.4 Å². The predicted octanol–water partition coefficient (Wildman–Crippen LogP) is 4.01. The van der Waals surface area contributed by atoms with Crippen LogP contribution < -0.4 is 26.6 Å². The molecule has 5 amide bonds. The quantitative estimate of drug-likeness (QED) is 0.0510. The van der Waals surface area contributed by atoms with Crippen molar-refractivity contribution in [2.75, 3.05) is 13.7 Å². The van der Waals surface area contributed by atoms with Crippen LogP contribution in [0.25, 0.3) is 0 Å². The van der Waals surface area contributed by atoms with Crippen molar-refractivity contribution >= 4 is 35.9 Å². The predicted molar refractivity (Wildman–Crippen MR) is 216 cm³/mol. The number of benzene rings is 2. The molecule has 2 aromatic carbocycles. The van der Waals surface area contributed by atoms with E-state index in [2.05, 4.69) is 26.6 Å². The average molecular weight is 814 g/mol. The number of carbonyl (C=O) groups excluding carboxylic acids is 6. The highest BCUT2D eigenvalue weighted by molar-refractivity contribution is 5.94. The summed E-state index contributed by atoms with van der Waals surface area (Å²) < 4.78 is 15.5. The number of aliphatic hydroxyl groups is 1. The Bertz CT molecular complexity index is 1610. The molecule has 0 heterocycles. The van der Waals surface area contributed by atoms with Crippen LogP contribution in [0.2, 0.25) is 0 Å². The van der Waals surface area contributed by atoms with Gasteiger partial charge in [-0.25, -0.2) is 14.4 Å². The lowest BCUT2D eigenvalue weighted by molar-refractivity contribution is -0.145. The maximum absolute atomic E-state index is 13.8. The van der Waals surface area contributed by atoms with Gasteiger partial charge in [0.25, 0.3) is 0 Å². The molecule has 7 N–H and O–H groups in total. The number of nitrogens with one attached hydrogen (secondary N) is 5. The highest BCUT2D eigenvalue weighted by Crippen LogP contribution is 2.15. The minimum Gasteiger partial charge on any atom is -0.508 e. The summed E-state index contributed by atoms with van der Waals surface area (Å²) in [5.74, 6) is -3.18. The third kappa shape index (κ3) is 19.2. The van der Waals surface area contributed by atoms with Crippen molar-refractivity contribution in [3.8, 4) is 5.75 Å². The fourth-order valence-corrected chi connectivity index (χ4v) is 5.82. The van der Waals surface area contributed by atoms with E-state index in [0.29, 0.717) is 24.8 Å². The second-order valence-corrected chi connectivity index (χ2v) is 15.9. The Morgan fingerprint density at radius 3 is 1.98 bits per heavy atom. The molecule has 0 fully saturated rings. The molecule has 0 aliphatic rings. The lowest BCUT2D eigenvalue weighted by Crippen LogP contribution is -2.58. The van der Waals surface area contributed by atoms with Gasteiger partial charge < -0.3 is 51.0 Å². The maximum atomic E-state index is 13.8. The van der Waals surface area contributed by atoms with Gasteiger partial charge in [-0.05, 0) is 81.5 Å². The molecule has 0 spiro atoms. The van der Waals surface area contributed by atoms with E-state index in [1.807, 2.05) is 32.0 Å². The van der Waals surface area contributed by atoms with Gasteiger partial charge in [-0.2, -0.15) is 0 Å². The molecule has 16 nitrogen and oxygen atoms in total. The van der Waals surface area contributed by atoms with Gasteiger partial charge in [0.05, 0.1) is 25.7 Å². The number of methoxy groups -OCH3 is 1. The Morgan fingerprint density at radius 1 is 0.759 bits per heavy atom. The van der Waals surface area contributed by atoms with Crippen LogP contribution in [0.4, 0.5) is 9.59 Å². The Kier molecular flexibility index (Phi) is 20.5. The third-order valence-corrected chi connectivity index (χ3v) is 8.77. The summed E-state index contributed by atoms with van der Waals surface area (Å²) in [6.07, 6.45) is -1.74. The van der Waals surface area contributed by atoms with Crippen LogP contribution in [0.1, 0.15) is 91.7 Å². The molecule has 58 heavy (non-hydrogen) atoms. The van der Waals surface area contributed by atoms with Crippen LogP contribution in [0, 0.1) is 11.8 Å². The minimum atomic E-state index is -1.32. The highest BCUT2D eigenvalue weighted by atomic mass is 16.6. The molecule has 0 unspecified atom stereocenters. The lowest BCUT2D eigenvalue weighted by atomic mass is 9.96. The van der Waals surface area contributed by atoms with Gasteiger partial charge in [0.1, 0.15) is 36.1 Å². The summed E-state index contributed by atoms with van der Waals surface area (Å²) in [6.45, 7) is 12.7. The SMILES string of the molecule is COC(=O)[C@H](CCCCNC(=O)OC(C)(C)C)NC(=O)[C@H](Cc1ccc(O)cc1)NC(=O)[C@@H](NC(=O)C[C@H](O)[C@H](CC(C)C)NC(=O)OCc1ccccc1)C(C)C. The molecule has 0 aromatic heterocycles. The molecular weight excluding hydrogens is 750 g/mol. The van der Waals surface area contributed by atoms with Gasteiger partial charge in [0, 0.05) is 13.0 Å². The van der Waals surface area contributed by atoms with Crippen molar-refractivity contribution in [3.63, 3.8) is 0 Å². The molecule has 0 radical (unpaired) electrons. The van der Waals surface area contributed by atoms with E-state index in [0.717, 1.165) is 5.56 Å². The molecule has 16 heteroatoms. The van der Waals surface area contributed by atoms with E-state index < -0.39 is 84.1 Å². The van der Waals surface area contributed by atoms with Crippen molar-refractivity contribution in [2.24, 2.45) is 11.8 Å². The normalized spacial score (nSPS) is 13.9. The van der Waals surface area contributed by atoms with E-state index in [1.54, 1.807) is 58.9 Å². The average Bonchev–Trinajstić information content (AvgIpc) is 3.14. The lowest BCUT2D eigenvalue weighted by Gasteiger charge is -2.28. The van der Waals surface area contributed by atoms with Crippen molar-refractivity contribution in [2.45, 2.75) is 129 Å². The van der Waals surface area contributed by atoms with E-state index >= 15 is 0 Å². The Labute approximate surface area is 341 Å². The van der Waals surface area contributed by atoms with Crippen molar-refractivity contribution < 1.29 is 53.2 Å². The smallest absolute Gasteiger partial charge is 0.407 e. The largest absolute Gasteiger partial charge is 0.508 e. The summed E-state index contributed by atoms with van der Waals surface area (Å²) >= 11 is 0. The van der Waals surface area contributed by atoms with Gasteiger partial charge in [-0.3, -0.25) is 14.4 Å². The number of rotatable bonds is 22. The first-order valence-corrected chi connectivity index (χ1v) is 19.7. The van der Waals surface area contributed by atoms with Gasteiger partial charge >= 0.3 is 18.2 Å². The van der Waals surface area contributed by atoms with Gasteiger partial charge in [-0.1, -0.05) is 70.2 Å². The van der Waals surface area contributed by atoms with Crippen molar-refractivity contribution in [1.29, 1.82) is 0 Å². The summed E-state index contributed by atoms with van der Waals surface area (Å²) in [4.78, 5) is 78.3. The monoisotopic (exact) mass is 813 g/mol. The number of amides is 5. The number of hydrogen-bond acceptors (Lipinski definition) is 11. The van der Waals surface area contributed by atoms with Gasteiger partial charge in [0.2, 0.25) is 17.7 Å². The highest BCUT2D eigenvalue weighted by Gasteiger charge is 2.33. The number of ether oxygens (including phenoxy) is 3. The van der Waals surface area contributed by atoms with Gasteiger partial charge in [0.15, 0.2) is 0 Å². The molecule has 0 saturated heterocycles. The Balaban J connectivity index is 2.14. The molecule has 0 bridgehead atoms. The third-order valence-electron chi connectivity index (χ3n) is 8.77. The topological polar surface area (TPSA) is 231 Å². The number of phenolic OH excluding ortho intramolecular Hbond substituents is 1. The van der Waals surface area contributed by atoms with E-state index in [4.69, 9.17) is 14.2 Å². The molecule has 5 atom stereocenters. The first-order chi connectivity index (χ1) is 27.3. The van der Waals surface area contributed by atoms with Crippen molar-refractivity contribution in [1.82, 2.24) is 26.6 Å². The number of carbonyl (C=O) groups is 6. The number of esters is 1. The molecule has 2 aromatic rings. The zero-order valence-corrected chi connectivity index (χ0v) is 35.0. The summed E-state index contributed by atoms with van der Waals surface area (Å²) in [5.41, 5.74) is 0.708. The Morgan fingerprint density at radius 2 is 1.40 bits per heavy atom. The van der Waals surface area contributed by atoms with E-state index in [9.17, 15) is 39.0 Å². The first kappa shape index (κ1) is 48.8. The number of unbranched alkanes of at least 4 members (excludes halogenated alkanes) is 1. The van der Waals surface area contributed by atoms with Gasteiger partial charge in [-0.15, -0.1) is 0 Å². The number of phenols is 1. The van der Waals surface area contributed by atoms with Crippen LogP contribution in [-0.4, -0.2) is 95.6 Å². The van der Waals surface area contributed by atoms with Crippen LogP contribution in [0.15, 0.2) is 54.6 Å². The second kappa shape index (κ2) is 24.4. The standard InChI is InChI=1S/C42H63N5O11/c1-26(2)22-32(46-41(55)57-25-29-14-10-9-11-15-29)34(49)24-35(50)47-36(27(3)4)38(52)45-33(23-28-17-19-30(48)20-18-28)37(51)44-31(39(53)56-8)16-12-13-21-43-40(54)58-42(5,6)7/h9-11,14-15,17-20,26-27,31-34,36,48-49H,12-13,16,21-25H2,1-8H3,(H,43,54)(H,44,51)(H,45,52)(H,46,55)(H,47,50)/t31-,32-,33-,34-,36-/m0/s1. The molecule has 0 aliphatic heterocycles. The van der Waals surface area contributed by atoms with E-state index in [1.165, 1.54) is 19.2 Å². The molecular formula is C42H63N5O11. The van der Waals surface area contributed by atoms with Crippen LogP contribution >= 0.6 is 0 Å². The summed E-state index contributed by atoms with van der Waals surface area (Å²) in [7, 11) is 1.19.